The predicted molar refractivity (Wildman–Crippen MR) is 76.8 cm³/mol. The van der Waals surface area contributed by atoms with Crippen LogP contribution in [-0.4, -0.2) is 26.2 Å². The Hall–Kier alpha value is -1.53. The first-order valence-electron chi connectivity index (χ1n) is 6.39. The SMILES string of the molecule is CNC(C)(C#N)CCCN(C)c1ccccc1C. The number of para-hydroxylation sites is 1. The van der Waals surface area contributed by atoms with Crippen LogP contribution in [0.2, 0.25) is 0 Å². The van der Waals surface area contributed by atoms with Crippen molar-refractivity contribution in [3.05, 3.63) is 29.8 Å². The number of nitrogens with one attached hydrogen (secondary N) is 1. The van der Waals surface area contributed by atoms with Crippen LogP contribution in [0.3, 0.4) is 0 Å². The van der Waals surface area contributed by atoms with Gasteiger partial charge in [-0.1, -0.05) is 18.2 Å². The molecule has 0 bridgehead atoms. The van der Waals surface area contributed by atoms with Gasteiger partial charge >= 0.3 is 0 Å². The third-order valence-electron chi connectivity index (χ3n) is 3.50. The van der Waals surface area contributed by atoms with Gasteiger partial charge in [0.25, 0.3) is 0 Å². The highest BCUT2D eigenvalue weighted by atomic mass is 15.1. The van der Waals surface area contributed by atoms with Crippen LogP contribution in [0.15, 0.2) is 24.3 Å². The zero-order valence-electron chi connectivity index (χ0n) is 11.8. The monoisotopic (exact) mass is 245 g/mol. The van der Waals surface area contributed by atoms with E-state index >= 15 is 0 Å². The molecule has 0 radical (unpaired) electrons. The Balaban J connectivity index is 2.51. The van der Waals surface area contributed by atoms with Crippen molar-refractivity contribution in [3.8, 4) is 6.07 Å². The van der Waals surface area contributed by atoms with Crippen LogP contribution in [0, 0.1) is 18.3 Å². The van der Waals surface area contributed by atoms with E-state index in [1.54, 1.807) is 0 Å². The third-order valence-corrected chi connectivity index (χ3v) is 3.50. The summed E-state index contributed by atoms with van der Waals surface area (Å²) in [5.74, 6) is 0. The topological polar surface area (TPSA) is 39.1 Å². The summed E-state index contributed by atoms with van der Waals surface area (Å²) in [6, 6.07) is 10.7. The predicted octanol–water partition coefficient (Wildman–Crippen LogP) is 2.71. The summed E-state index contributed by atoms with van der Waals surface area (Å²) in [5.41, 5.74) is 2.14. The number of aryl methyl sites for hydroxylation is 1. The molecule has 1 N–H and O–H groups in total. The second-order valence-corrected chi connectivity index (χ2v) is 5.01. The van der Waals surface area contributed by atoms with Crippen molar-refractivity contribution in [3.63, 3.8) is 0 Å². The molecule has 0 spiro atoms. The lowest BCUT2D eigenvalue weighted by atomic mass is 9.98. The molecule has 1 atom stereocenters. The van der Waals surface area contributed by atoms with Gasteiger partial charge in [-0.15, -0.1) is 0 Å². The first-order valence-corrected chi connectivity index (χ1v) is 6.39. The van der Waals surface area contributed by atoms with E-state index in [1.807, 2.05) is 14.0 Å². The molecule has 1 aromatic rings. The lowest BCUT2D eigenvalue weighted by Gasteiger charge is -2.25. The Bertz CT molecular complexity index is 422. The van der Waals surface area contributed by atoms with Crippen molar-refractivity contribution in [2.24, 2.45) is 0 Å². The fraction of sp³-hybridized carbons (Fsp3) is 0.533. The summed E-state index contributed by atoms with van der Waals surface area (Å²) in [6.07, 6.45) is 1.85. The van der Waals surface area contributed by atoms with Crippen LogP contribution < -0.4 is 10.2 Å². The van der Waals surface area contributed by atoms with Crippen molar-refractivity contribution in [1.82, 2.24) is 5.32 Å². The normalized spacial score (nSPS) is 13.7. The molecular formula is C15H23N3. The molecule has 3 heteroatoms. The maximum Gasteiger partial charge on any atom is 0.103 e. The second kappa shape index (κ2) is 6.42. The summed E-state index contributed by atoms with van der Waals surface area (Å²) >= 11 is 0. The van der Waals surface area contributed by atoms with E-state index in [1.165, 1.54) is 11.3 Å². The van der Waals surface area contributed by atoms with Gasteiger partial charge in [0.2, 0.25) is 0 Å². The highest BCUT2D eigenvalue weighted by Gasteiger charge is 2.20. The van der Waals surface area contributed by atoms with Crippen LogP contribution in [0.4, 0.5) is 5.69 Å². The summed E-state index contributed by atoms with van der Waals surface area (Å²) in [4.78, 5) is 2.25. The number of anilines is 1. The van der Waals surface area contributed by atoms with Gasteiger partial charge in [0, 0.05) is 19.3 Å². The maximum atomic E-state index is 9.09. The molecule has 0 amide bonds. The van der Waals surface area contributed by atoms with E-state index in [2.05, 4.69) is 54.5 Å². The van der Waals surface area contributed by atoms with E-state index < -0.39 is 5.54 Å². The Morgan fingerprint density at radius 3 is 2.61 bits per heavy atom. The molecule has 0 aromatic heterocycles. The zero-order chi connectivity index (χ0) is 13.6. The summed E-state index contributed by atoms with van der Waals surface area (Å²) in [7, 11) is 3.94. The molecule has 0 saturated heterocycles. The van der Waals surface area contributed by atoms with E-state index in [0.29, 0.717) is 0 Å². The Morgan fingerprint density at radius 2 is 2.06 bits per heavy atom. The molecule has 1 aromatic carbocycles. The first kappa shape index (κ1) is 14.5. The van der Waals surface area contributed by atoms with Crippen LogP contribution in [0.1, 0.15) is 25.3 Å². The first-order chi connectivity index (χ1) is 8.52. The molecule has 1 rings (SSSR count). The fourth-order valence-corrected chi connectivity index (χ4v) is 2.02. The van der Waals surface area contributed by atoms with E-state index in [9.17, 15) is 0 Å². The van der Waals surface area contributed by atoms with E-state index in [-0.39, 0.29) is 0 Å². The Kier molecular flexibility index (Phi) is 5.18. The van der Waals surface area contributed by atoms with Gasteiger partial charge in [0.05, 0.1) is 6.07 Å². The van der Waals surface area contributed by atoms with Gasteiger partial charge < -0.3 is 10.2 Å². The number of hydrogen-bond acceptors (Lipinski definition) is 3. The Labute approximate surface area is 110 Å². The van der Waals surface area contributed by atoms with Gasteiger partial charge in [-0.25, -0.2) is 0 Å². The maximum absolute atomic E-state index is 9.09. The van der Waals surface area contributed by atoms with E-state index in [4.69, 9.17) is 5.26 Å². The summed E-state index contributed by atoms with van der Waals surface area (Å²) < 4.78 is 0. The smallest absolute Gasteiger partial charge is 0.103 e. The van der Waals surface area contributed by atoms with Crippen molar-refractivity contribution in [2.75, 3.05) is 25.5 Å². The Morgan fingerprint density at radius 1 is 1.39 bits per heavy atom. The molecule has 3 nitrogen and oxygen atoms in total. The highest BCUT2D eigenvalue weighted by Crippen LogP contribution is 2.19. The molecule has 0 aliphatic carbocycles. The van der Waals surface area contributed by atoms with Gasteiger partial charge in [0.15, 0.2) is 0 Å². The van der Waals surface area contributed by atoms with Crippen molar-refractivity contribution in [2.45, 2.75) is 32.2 Å². The number of rotatable bonds is 6. The van der Waals surface area contributed by atoms with Crippen LogP contribution in [0.5, 0.6) is 0 Å². The van der Waals surface area contributed by atoms with Gasteiger partial charge in [0.1, 0.15) is 5.54 Å². The quantitative estimate of drug-likeness (QED) is 0.837. The number of hydrogen-bond donors (Lipinski definition) is 1. The molecule has 0 fully saturated rings. The third kappa shape index (κ3) is 3.75. The lowest BCUT2D eigenvalue weighted by Crippen LogP contribution is -2.38. The standard InChI is InChI=1S/C15H23N3/c1-13-8-5-6-9-14(13)18(4)11-7-10-15(2,12-16)17-3/h5-6,8-9,17H,7,10-11H2,1-4H3. The molecule has 0 aliphatic heterocycles. The lowest BCUT2D eigenvalue weighted by molar-refractivity contribution is 0.442. The van der Waals surface area contributed by atoms with Crippen molar-refractivity contribution in [1.29, 1.82) is 5.26 Å². The molecule has 18 heavy (non-hydrogen) atoms. The zero-order valence-corrected chi connectivity index (χ0v) is 11.8. The van der Waals surface area contributed by atoms with Gasteiger partial charge in [-0.2, -0.15) is 5.26 Å². The largest absolute Gasteiger partial charge is 0.374 e. The minimum Gasteiger partial charge on any atom is -0.374 e. The summed E-state index contributed by atoms with van der Waals surface area (Å²) in [5, 5.41) is 12.2. The molecule has 98 valence electrons. The van der Waals surface area contributed by atoms with Crippen molar-refractivity contribution < 1.29 is 0 Å². The number of nitriles is 1. The second-order valence-electron chi connectivity index (χ2n) is 5.01. The van der Waals surface area contributed by atoms with Crippen LogP contribution >= 0.6 is 0 Å². The highest BCUT2D eigenvalue weighted by molar-refractivity contribution is 5.52. The molecular weight excluding hydrogens is 222 g/mol. The molecule has 0 heterocycles. The van der Waals surface area contributed by atoms with Crippen LogP contribution in [0.25, 0.3) is 0 Å². The summed E-state index contributed by atoms with van der Waals surface area (Å²) in [6.45, 7) is 5.03. The molecule has 0 aliphatic rings. The fourth-order valence-electron chi connectivity index (χ4n) is 2.02. The van der Waals surface area contributed by atoms with E-state index in [0.717, 1.165) is 19.4 Å². The molecule has 0 saturated carbocycles. The number of benzene rings is 1. The minimum atomic E-state index is -0.410. The average molecular weight is 245 g/mol. The van der Waals surface area contributed by atoms with Gasteiger partial charge in [-0.3, -0.25) is 0 Å². The number of nitrogens with zero attached hydrogens (tertiary/aromatic N) is 2. The van der Waals surface area contributed by atoms with Crippen LogP contribution in [-0.2, 0) is 0 Å². The minimum absolute atomic E-state index is 0.410. The van der Waals surface area contributed by atoms with Gasteiger partial charge in [-0.05, 0) is 45.4 Å². The average Bonchev–Trinajstić information content (AvgIpc) is 2.39. The molecule has 1 unspecified atom stereocenters. The van der Waals surface area contributed by atoms with Crippen molar-refractivity contribution >= 4 is 5.69 Å².